The minimum Gasteiger partial charge on any atom is -0.222 e. The van der Waals surface area contributed by atoms with E-state index in [4.69, 9.17) is 37.3 Å². The van der Waals surface area contributed by atoms with Gasteiger partial charge >= 0.3 is 0 Å². The lowest BCUT2D eigenvalue weighted by Gasteiger charge is -2.17. The fourth-order valence-corrected chi connectivity index (χ4v) is 5.36. The SMILES string of the molecule is [O-][Cl+3]([O-])([O-])[O-].[O-][Cl+3]([O-])([O-])[O-].c1ccc2sc(CCCCCCCc3[nH+]c4ccccc4s3)[nH+]c2c1. The van der Waals surface area contributed by atoms with Gasteiger partial charge in [-0.2, -0.15) is 9.97 Å². The summed E-state index contributed by atoms with van der Waals surface area (Å²) < 4.78 is 70.7. The molecule has 0 amide bonds. The summed E-state index contributed by atoms with van der Waals surface area (Å²) in [6, 6.07) is 17.2. The van der Waals surface area contributed by atoms with Gasteiger partial charge in [-0.05, 0) is 25.0 Å². The summed E-state index contributed by atoms with van der Waals surface area (Å²) in [6.07, 6.45) is 8.95. The molecule has 0 radical (unpaired) electrons. The Morgan fingerprint density at radius 1 is 0.514 bits per heavy atom. The van der Waals surface area contributed by atoms with Crippen LogP contribution in [-0.2, 0) is 12.8 Å². The van der Waals surface area contributed by atoms with E-state index in [1.54, 1.807) is 0 Å². The predicted octanol–water partition coefficient (Wildman–Crippen LogP) is -4.03. The fourth-order valence-electron chi connectivity index (χ4n) is 3.26. The van der Waals surface area contributed by atoms with Gasteiger partial charge in [0.25, 0.3) is 0 Å². The lowest BCUT2D eigenvalue weighted by atomic mass is 10.1. The first kappa shape index (κ1) is 29.7. The molecule has 0 saturated heterocycles. The van der Waals surface area contributed by atoms with Gasteiger partial charge in [0.05, 0.1) is 0 Å². The van der Waals surface area contributed by atoms with Crippen LogP contribution in [0, 0.1) is 20.5 Å². The van der Waals surface area contributed by atoms with Crippen molar-refractivity contribution in [2.24, 2.45) is 0 Å². The van der Waals surface area contributed by atoms with Crippen molar-refractivity contribution in [1.29, 1.82) is 0 Å². The van der Waals surface area contributed by atoms with Crippen LogP contribution in [0.25, 0.3) is 20.4 Å². The van der Waals surface area contributed by atoms with Gasteiger partial charge in [0.1, 0.15) is 9.40 Å². The van der Waals surface area contributed by atoms with Crippen LogP contribution in [0.15, 0.2) is 48.5 Å². The van der Waals surface area contributed by atoms with Crippen LogP contribution in [0.5, 0.6) is 0 Å². The molecule has 10 nitrogen and oxygen atoms in total. The standard InChI is InChI=1S/C21H22N2S2.2ClHO4/c1(2-4-14-20-22-16-10-6-8-12-18(16)24-20)3-5-15-21-23-17-11-7-9-13-19(17)25-21;2*2-1(3,4)5/h6-13H,1-5,14-15H2;2*(H,2,3,4,5). The fraction of sp³-hybridized carbons (Fsp3) is 0.333. The molecule has 4 aromatic rings. The largest absolute Gasteiger partial charge is 0.236 e. The molecule has 0 fully saturated rings. The van der Waals surface area contributed by atoms with Gasteiger partial charge < -0.3 is 0 Å². The molecule has 0 aliphatic rings. The topological polar surface area (TPSA) is 213 Å². The molecule has 0 bridgehead atoms. The van der Waals surface area contributed by atoms with Gasteiger partial charge in [-0.1, -0.05) is 66.2 Å². The smallest absolute Gasteiger partial charge is 0.222 e. The second-order valence-corrected chi connectivity index (χ2v) is 11.1. The van der Waals surface area contributed by atoms with E-state index in [-0.39, 0.29) is 0 Å². The van der Waals surface area contributed by atoms with Crippen molar-refractivity contribution in [3.63, 3.8) is 0 Å². The monoisotopic (exact) mass is 566 g/mol. The number of thiazole rings is 2. The van der Waals surface area contributed by atoms with Crippen molar-refractivity contribution in [2.45, 2.75) is 44.9 Å². The highest BCUT2D eigenvalue weighted by Crippen LogP contribution is 2.21. The number of hydrogen-bond acceptors (Lipinski definition) is 10. The average molecular weight is 567 g/mol. The van der Waals surface area contributed by atoms with Crippen LogP contribution in [-0.4, -0.2) is 0 Å². The zero-order valence-electron chi connectivity index (χ0n) is 18.4. The van der Waals surface area contributed by atoms with Gasteiger partial charge in [-0.3, -0.25) is 0 Å². The quantitative estimate of drug-likeness (QED) is 0.191. The zero-order chi connectivity index (χ0) is 25.9. The minimum atomic E-state index is -4.94. The molecule has 0 aliphatic carbocycles. The van der Waals surface area contributed by atoms with Crippen molar-refractivity contribution in [3.05, 3.63) is 58.5 Å². The van der Waals surface area contributed by atoms with Crippen LogP contribution in [0.4, 0.5) is 0 Å². The third-order valence-electron chi connectivity index (χ3n) is 4.60. The number of hydrogen-bond donors (Lipinski definition) is 0. The molecule has 14 heteroatoms. The maximum Gasteiger partial charge on any atom is 0.236 e. The van der Waals surface area contributed by atoms with E-state index in [1.165, 1.54) is 75.4 Å². The third kappa shape index (κ3) is 14.0. The van der Waals surface area contributed by atoms with Crippen LogP contribution in [0.1, 0.15) is 42.1 Å². The van der Waals surface area contributed by atoms with E-state index in [9.17, 15) is 0 Å². The Morgan fingerprint density at radius 2 is 0.829 bits per heavy atom. The van der Waals surface area contributed by atoms with E-state index in [2.05, 4.69) is 58.5 Å². The van der Waals surface area contributed by atoms with Gasteiger partial charge in [-0.15, -0.1) is 20.5 Å². The first-order chi connectivity index (χ1) is 16.4. The normalized spacial score (nSPS) is 11.7. The molecule has 2 N–H and O–H groups in total. The number of para-hydroxylation sites is 2. The van der Waals surface area contributed by atoms with Crippen LogP contribution in [0.2, 0.25) is 0 Å². The van der Waals surface area contributed by atoms with E-state index in [1.807, 2.05) is 22.7 Å². The molecule has 192 valence electrons. The molecule has 2 aromatic heterocycles. The molecule has 2 heterocycles. The summed E-state index contributed by atoms with van der Waals surface area (Å²) in [5.41, 5.74) is 2.56. The van der Waals surface area contributed by atoms with Gasteiger partial charge in [0.15, 0.2) is 0 Å². The number of benzene rings is 2. The highest BCUT2D eigenvalue weighted by atomic mass is 35.7. The Hall–Kier alpha value is -1.52. The van der Waals surface area contributed by atoms with Gasteiger partial charge in [0.2, 0.25) is 21.0 Å². The molecule has 2 aromatic carbocycles. The Balaban J connectivity index is 0.000000368. The average Bonchev–Trinajstić information content (AvgIpc) is 3.33. The third-order valence-corrected chi connectivity index (χ3v) is 6.85. The first-order valence-corrected chi connectivity index (χ1v) is 14.5. The number of aryl methyl sites for hydroxylation is 2. The summed E-state index contributed by atoms with van der Waals surface area (Å²) >= 11 is 3.81. The first-order valence-electron chi connectivity index (χ1n) is 10.4. The van der Waals surface area contributed by atoms with E-state index >= 15 is 0 Å². The van der Waals surface area contributed by atoms with Crippen LogP contribution >= 0.6 is 22.7 Å². The summed E-state index contributed by atoms with van der Waals surface area (Å²) in [7, 11) is -9.89. The molecule has 0 spiro atoms. The molecule has 0 aliphatic heterocycles. The lowest BCUT2D eigenvalue weighted by molar-refractivity contribution is -2.00. The van der Waals surface area contributed by atoms with E-state index in [0.29, 0.717) is 0 Å². The van der Waals surface area contributed by atoms with Gasteiger partial charge in [-0.25, -0.2) is 37.3 Å². The number of aromatic amines is 2. The molecular weight excluding hydrogens is 543 g/mol. The Morgan fingerprint density at radius 3 is 1.17 bits per heavy atom. The summed E-state index contributed by atoms with van der Waals surface area (Å²) in [5.74, 6) is 0. The van der Waals surface area contributed by atoms with Crippen molar-refractivity contribution in [1.82, 2.24) is 0 Å². The van der Waals surface area contributed by atoms with Crippen molar-refractivity contribution in [2.75, 3.05) is 0 Å². The van der Waals surface area contributed by atoms with E-state index < -0.39 is 20.5 Å². The van der Waals surface area contributed by atoms with Gasteiger partial charge in [0, 0.05) is 25.0 Å². The molecule has 35 heavy (non-hydrogen) atoms. The number of H-pyrrole nitrogens is 2. The van der Waals surface area contributed by atoms with Crippen molar-refractivity contribution in [3.8, 4) is 0 Å². The summed E-state index contributed by atoms with van der Waals surface area (Å²) in [6.45, 7) is 0. The van der Waals surface area contributed by atoms with Crippen molar-refractivity contribution < 1.29 is 67.7 Å². The maximum atomic E-state index is 8.49. The Kier molecular flexibility index (Phi) is 12.1. The highest BCUT2D eigenvalue weighted by Gasteiger charge is 2.11. The maximum absolute atomic E-state index is 8.49. The number of rotatable bonds is 8. The zero-order valence-corrected chi connectivity index (χ0v) is 21.6. The molecule has 0 atom stereocenters. The van der Waals surface area contributed by atoms with Crippen molar-refractivity contribution >= 4 is 43.1 Å². The molecule has 4 rings (SSSR count). The minimum absolute atomic E-state index is 1.18. The second kappa shape index (κ2) is 14.3. The Labute approximate surface area is 213 Å². The lowest BCUT2D eigenvalue weighted by Crippen LogP contribution is -2.68. The molecule has 0 saturated carbocycles. The summed E-state index contributed by atoms with van der Waals surface area (Å²) in [5, 5.41) is 2.84. The number of aromatic nitrogens is 2. The predicted molar refractivity (Wildman–Crippen MR) is 107 cm³/mol. The molecule has 0 unspecified atom stereocenters. The molecular formula is C21H24Cl2N2O8S2. The summed E-state index contributed by atoms with van der Waals surface area (Å²) in [4.78, 5) is 7.10. The number of halogens is 2. The van der Waals surface area contributed by atoms with Crippen LogP contribution in [0.3, 0.4) is 0 Å². The second-order valence-electron chi connectivity index (χ2n) is 7.32. The number of unbranched alkanes of at least 4 members (excludes halogenated alkanes) is 4. The Bertz CT molecular complexity index is 993. The number of fused-ring (bicyclic) bond motifs is 2. The van der Waals surface area contributed by atoms with E-state index in [0.717, 1.165) is 0 Å². The number of nitrogens with one attached hydrogen (secondary N) is 2. The highest BCUT2D eigenvalue weighted by molar-refractivity contribution is 7.18. The van der Waals surface area contributed by atoms with Crippen LogP contribution < -0.4 is 47.2 Å².